The highest BCUT2D eigenvalue weighted by Gasteiger charge is 2.30. The Bertz CT molecular complexity index is 883. The highest BCUT2D eigenvalue weighted by Crippen LogP contribution is 2.22. The van der Waals surface area contributed by atoms with Gasteiger partial charge >= 0.3 is 5.63 Å². The van der Waals surface area contributed by atoms with E-state index < -0.39 is 9.84 Å². The Hall–Kier alpha value is -1.66. The van der Waals surface area contributed by atoms with Crippen LogP contribution in [0.3, 0.4) is 0 Å². The molecule has 0 radical (unpaired) electrons. The van der Waals surface area contributed by atoms with Gasteiger partial charge in [0.05, 0.1) is 5.75 Å². The van der Waals surface area contributed by atoms with Gasteiger partial charge in [0.15, 0.2) is 9.84 Å². The molecule has 2 heterocycles. The van der Waals surface area contributed by atoms with E-state index in [1.165, 1.54) is 6.07 Å². The monoisotopic (exact) mass is 322 g/mol. The first kappa shape index (κ1) is 15.2. The second kappa shape index (κ2) is 5.52. The van der Waals surface area contributed by atoms with Crippen LogP contribution in [0.4, 0.5) is 0 Å². The van der Waals surface area contributed by atoms with Gasteiger partial charge in [0.1, 0.15) is 23.9 Å². The molecule has 0 spiro atoms. The Morgan fingerprint density at radius 1 is 1.32 bits per heavy atom. The lowest BCUT2D eigenvalue weighted by molar-refractivity contribution is -0.699. The fraction of sp³-hybridized carbons (Fsp3) is 0.438. The summed E-state index contributed by atoms with van der Waals surface area (Å²) in [6, 6.07) is 5.58. The molecule has 118 valence electrons. The number of sulfone groups is 1. The molecular weight excluding hydrogens is 302 g/mol. The average molecular weight is 322 g/mol. The zero-order valence-electron chi connectivity index (χ0n) is 12.8. The van der Waals surface area contributed by atoms with E-state index in [9.17, 15) is 13.2 Å². The van der Waals surface area contributed by atoms with Gasteiger partial charge in [-0.25, -0.2) is 13.2 Å². The maximum absolute atomic E-state index is 11.8. The first-order chi connectivity index (χ1) is 10.4. The summed E-state index contributed by atoms with van der Waals surface area (Å²) in [6.07, 6.45) is 0.680. The second-order valence-electron chi connectivity index (χ2n) is 6.08. The third-order valence-electron chi connectivity index (χ3n) is 4.46. The zero-order valence-corrected chi connectivity index (χ0v) is 13.6. The van der Waals surface area contributed by atoms with Crippen LogP contribution in [0.5, 0.6) is 0 Å². The fourth-order valence-corrected chi connectivity index (χ4v) is 4.78. The van der Waals surface area contributed by atoms with Crippen LogP contribution in [0.1, 0.15) is 23.1 Å². The van der Waals surface area contributed by atoms with Crippen molar-refractivity contribution in [1.29, 1.82) is 0 Å². The molecule has 0 unspecified atom stereocenters. The molecule has 22 heavy (non-hydrogen) atoms. The van der Waals surface area contributed by atoms with E-state index >= 15 is 0 Å². The van der Waals surface area contributed by atoms with E-state index in [4.69, 9.17) is 4.42 Å². The molecule has 1 aromatic heterocycles. The van der Waals surface area contributed by atoms with Gasteiger partial charge < -0.3 is 9.73 Å². The van der Waals surface area contributed by atoms with E-state index in [0.29, 0.717) is 18.5 Å². The molecule has 1 fully saturated rings. The predicted octanol–water partition coefficient (Wildman–Crippen LogP) is 0.660. The van der Waals surface area contributed by atoms with E-state index in [0.717, 1.165) is 22.1 Å². The smallest absolute Gasteiger partial charge is 0.336 e. The van der Waals surface area contributed by atoms with Gasteiger partial charge in [0, 0.05) is 23.4 Å². The lowest BCUT2D eigenvalue weighted by Crippen LogP contribution is -2.89. The minimum atomic E-state index is -2.87. The average Bonchev–Trinajstić information content (AvgIpc) is 2.80. The number of aryl methyl sites for hydroxylation is 2. The molecule has 0 saturated carbocycles. The third kappa shape index (κ3) is 2.94. The Morgan fingerprint density at radius 2 is 2.09 bits per heavy atom. The van der Waals surface area contributed by atoms with E-state index in [2.05, 4.69) is 0 Å². The zero-order chi connectivity index (χ0) is 15.9. The van der Waals surface area contributed by atoms with Crippen molar-refractivity contribution in [3.8, 4) is 0 Å². The largest absolute Gasteiger partial charge is 0.422 e. The van der Waals surface area contributed by atoms with Gasteiger partial charge in [-0.1, -0.05) is 12.1 Å². The summed E-state index contributed by atoms with van der Waals surface area (Å²) in [4.78, 5) is 11.8. The Kier molecular flexibility index (Phi) is 3.82. The van der Waals surface area contributed by atoms with Crippen LogP contribution >= 0.6 is 0 Å². The van der Waals surface area contributed by atoms with Crippen LogP contribution in [0.2, 0.25) is 0 Å². The molecule has 3 rings (SSSR count). The Balaban J connectivity index is 1.91. The molecule has 1 saturated heterocycles. The van der Waals surface area contributed by atoms with Crippen LogP contribution in [0.25, 0.3) is 11.0 Å². The van der Waals surface area contributed by atoms with E-state index in [1.807, 2.05) is 31.3 Å². The van der Waals surface area contributed by atoms with Crippen molar-refractivity contribution in [3.05, 3.63) is 45.3 Å². The molecule has 1 atom stereocenters. The van der Waals surface area contributed by atoms with Crippen LogP contribution in [-0.2, 0) is 16.4 Å². The Labute approximate surface area is 129 Å². The van der Waals surface area contributed by atoms with Gasteiger partial charge in [0.25, 0.3) is 0 Å². The van der Waals surface area contributed by atoms with Gasteiger partial charge in [0.2, 0.25) is 0 Å². The first-order valence-electron chi connectivity index (χ1n) is 7.42. The Morgan fingerprint density at radius 3 is 2.77 bits per heavy atom. The number of quaternary nitrogens is 1. The van der Waals surface area contributed by atoms with Gasteiger partial charge in [-0.05, 0) is 25.0 Å². The van der Waals surface area contributed by atoms with E-state index in [-0.39, 0.29) is 23.2 Å². The van der Waals surface area contributed by atoms with Gasteiger partial charge in [-0.2, -0.15) is 0 Å². The van der Waals surface area contributed by atoms with Gasteiger partial charge in [-0.3, -0.25) is 0 Å². The molecule has 2 aromatic rings. The van der Waals surface area contributed by atoms with Crippen molar-refractivity contribution in [2.45, 2.75) is 32.9 Å². The van der Waals surface area contributed by atoms with Crippen molar-refractivity contribution in [1.82, 2.24) is 0 Å². The molecule has 6 heteroatoms. The molecule has 0 aliphatic carbocycles. The van der Waals surface area contributed by atoms with Crippen molar-refractivity contribution in [2.24, 2.45) is 0 Å². The third-order valence-corrected chi connectivity index (χ3v) is 6.25. The quantitative estimate of drug-likeness (QED) is 0.842. The van der Waals surface area contributed by atoms with Gasteiger partial charge in [-0.15, -0.1) is 0 Å². The maximum Gasteiger partial charge on any atom is 0.336 e. The lowest BCUT2D eigenvalue weighted by Gasteiger charge is -2.10. The van der Waals surface area contributed by atoms with Crippen molar-refractivity contribution in [3.63, 3.8) is 0 Å². The summed E-state index contributed by atoms with van der Waals surface area (Å²) in [7, 11) is -2.87. The number of hydrogen-bond acceptors (Lipinski definition) is 4. The van der Waals surface area contributed by atoms with Crippen molar-refractivity contribution < 1.29 is 18.2 Å². The molecule has 0 bridgehead atoms. The normalized spacial score (nSPS) is 20.5. The number of benzene rings is 1. The minimum absolute atomic E-state index is 0.0823. The summed E-state index contributed by atoms with van der Waals surface area (Å²) in [5, 5.41) is 2.95. The summed E-state index contributed by atoms with van der Waals surface area (Å²) in [5.74, 6) is 0.495. The standard InChI is InChI=1S/C16H19NO4S/c1-10-3-4-14-12(7-15(18)21-16(14)11(10)2)8-17-13-5-6-22(19,20)9-13/h3-4,7,13,17H,5-6,8-9H2,1-2H3/p+1/t13-/m0/s1. The number of rotatable bonds is 3. The lowest BCUT2D eigenvalue weighted by atomic mass is 10.0. The number of nitrogens with two attached hydrogens (primary N) is 1. The van der Waals surface area contributed by atoms with Crippen LogP contribution in [0.15, 0.2) is 27.4 Å². The highest BCUT2D eigenvalue weighted by atomic mass is 32.2. The molecule has 0 amide bonds. The minimum Gasteiger partial charge on any atom is -0.422 e. The summed E-state index contributed by atoms with van der Waals surface area (Å²) in [5.41, 5.74) is 3.23. The van der Waals surface area contributed by atoms with Crippen molar-refractivity contribution >= 4 is 20.8 Å². The molecule has 2 N–H and O–H groups in total. The predicted molar refractivity (Wildman–Crippen MR) is 84.6 cm³/mol. The van der Waals surface area contributed by atoms with Crippen LogP contribution in [0, 0.1) is 13.8 Å². The maximum atomic E-state index is 11.8. The molecule has 1 aromatic carbocycles. The molecule has 5 nitrogen and oxygen atoms in total. The van der Waals surface area contributed by atoms with Crippen LogP contribution < -0.4 is 10.9 Å². The van der Waals surface area contributed by atoms with Crippen LogP contribution in [-0.4, -0.2) is 26.0 Å². The first-order valence-corrected chi connectivity index (χ1v) is 9.24. The summed E-state index contributed by atoms with van der Waals surface area (Å²) < 4.78 is 28.4. The number of hydrogen-bond donors (Lipinski definition) is 1. The molecule has 1 aliphatic rings. The van der Waals surface area contributed by atoms with Crippen molar-refractivity contribution in [2.75, 3.05) is 11.5 Å². The molecule has 1 aliphatic heterocycles. The number of fused-ring (bicyclic) bond motifs is 1. The second-order valence-corrected chi connectivity index (χ2v) is 8.31. The SMILES string of the molecule is Cc1ccc2c(C[NH2+][C@H]3CCS(=O)(=O)C3)cc(=O)oc2c1C. The summed E-state index contributed by atoms with van der Waals surface area (Å²) >= 11 is 0. The highest BCUT2D eigenvalue weighted by molar-refractivity contribution is 7.91. The van der Waals surface area contributed by atoms with E-state index in [1.54, 1.807) is 0 Å². The topological polar surface area (TPSA) is 81.0 Å². The fourth-order valence-electron chi connectivity index (χ4n) is 3.00. The summed E-state index contributed by atoms with van der Waals surface area (Å²) in [6.45, 7) is 4.51. The molecular formula is C16H20NO4S+.